The molecule has 0 unspecified atom stereocenters. The quantitative estimate of drug-likeness (QED) is 0.679. The predicted molar refractivity (Wildman–Crippen MR) is 65.6 cm³/mol. The van der Waals surface area contributed by atoms with Crippen molar-refractivity contribution < 1.29 is 5.11 Å². The number of nitrogens with one attached hydrogen (secondary N) is 1. The lowest BCUT2D eigenvalue weighted by Crippen LogP contribution is -1.87. The van der Waals surface area contributed by atoms with Crippen LogP contribution in [0.2, 0.25) is 0 Å². The highest BCUT2D eigenvalue weighted by Gasteiger charge is 1.95. The minimum Gasteiger partial charge on any atom is -0.394 e. The van der Waals surface area contributed by atoms with Gasteiger partial charge in [0.05, 0.1) is 0 Å². The van der Waals surface area contributed by atoms with Gasteiger partial charge >= 0.3 is 0 Å². The SMILES string of the molecule is C1=CNc2ccccc2C=C1.CC(C)O. The van der Waals surface area contributed by atoms with Crippen LogP contribution < -0.4 is 5.32 Å². The zero-order valence-electron chi connectivity index (χ0n) is 9.14. The van der Waals surface area contributed by atoms with Crippen molar-refractivity contribution in [3.8, 4) is 0 Å². The summed E-state index contributed by atoms with van der Waals surface area (Å²) in [6.45, 7) is 3.44. The molecule has 0 spiro atoms. The molecule has 2 rings (SSSR count). The molecule has 2 N–H and O–H groups in total. The maximum Gasteiger partial charge on any atom is 0.0483 e. The Morgan fingerprint density at radius 1 is 1.13 bits per heavy atom. The fourth-order valence-electron chi connectivity index (χ4n) is 1.13. The van der Waals surface area contributed by atoms with Crippen molar-refractivity contribution in [3.63, 3.8) is 0 Å². The number of aliphatic hydroxyl groups excluding tert-OH is 1. The second-order valence-electron chi connectivity index (χ2n) is 3.54. The first kappa shape index (κ1) is 11.5. The summed E-state index contributed by atoms with van der Waals surface area (Å²) in [7, 11) is 0. The first-order valence-corrected chi connectivity index (χ1v) is 5.07. The molecule has 0 saturated heterocycles. The van der Waals surface area contributed by atoms with Gasteiger partial charge in [-0.05, 0) is 31.6 Å². The maximum atomic E-state index is 8.06. The minimum absolute atomic E-state index is 0.167. The smallest absolute Gasteiger partial charge is 0.0483 e. The topological polar surface area (TPSA) is 32.3 Å². The third-order valence-corrected chi connectivity index (χ3v) is 1.68. The fourth-order valence-corrected chi connectivity index (χ4v) is 1.13. The highest BCUT2D eigenvalue weighted by Crippen LogP contribution is 2.18. The Morgan fingerprint density at radius 2 is 1.80 bits per heavy atom. The molecule has 80 valence electrons. The summed E-state index contributed by atoms with van der Waals surface area (Å²) in [5.74, 6) is 0. The van der Waals surface area contributed by atoms with E-state index in [1.54, 1.807) is 13.8 Å². The van der Waals surface area contributed by atoms with Gasteiger partial charge in [-0.1, -0.05) is 30.4 Å². The van der Waals surface area contributed by atoms with Crippen molar-refractivity contribution in [2.75, 3.05) is 5.32 Å². The second kappa shape index (κ2) is 6.04. The predicted octanol–water partition coefficient (Wildman–Crippen LogP) is 3.03. The van der Waals surface area contributed by atoms with Crippen LogP contribution in [0.25, 0.3) is 6.08 Å². The Hall–Kier alpha value is -1.54. The van der Waals surface area contributed by atoms with E-state index in [2.05, 4.69) is 23.5 Å². The largest absolute Gasteiger partial charge is 0.394 e. The summed E-state index contributed by atoms with van der Waals surface area (Å²) in [5.41, 5.74) is 2.40. The molecular weight excluding hydrogens is 186 g/mol. The molecular formula is C13H17NO. The molecule has 0 amide bonds. The number of anilines is 1. The average molecular weight is 203 g/mol. The number of allylic oxidation sites excluding steroid dienone is 2. The summed E-state index contributed by atoms with van der Waals surface area (Å²) >= 11 is 0. The van der Waals surface area contributed by atoms with Crippen LogP contribution in [0.5, 0.6) is 0 Å². The third-order valence-electron chi connectivity index (χ3n) is 1.68. The van der Waals surface area contributed by atoms with Crippen LogP contribution in [-0.2, 0) is 0 Å². The van der Waals surface area contributed by atoms with Crippen molar-refractivity contribution >= 4 is 11.8 Å². The van der Waals surface area contributed by atoms with E-state index in [1.807, 2.05) is 30.5 Å². The Kier molecular flexibility index (Phi) is 4.64. The molecule has 2 heteroatoms. The van der Waals surface area contributed by atoms with E-state index >= 15 is 0 Å². The summed E-state index contributed by atoms with van der Waals surface area (Å²) < 4.78 is 0. The number of benzene rings is 1. The molecule has 1 heterocycles. The summed E-state index contributed by atoms with van der Waals surface area (Å²) in [4.78, 5) is 0. The molecule has 1 aliphatic heterocycles. The number of para-hydroxylation sites is 1. The van der Waals surface area contributed by atoms with Gasteiger partial charge in [0, 0.05) is 18.0 Å². The monoisotopic (exact) mass is 203 g/mol. The number of hydrogen-bond acceptors (Lipinski definition) is 2. The Labute approximate surface area is 91.0 Å². The molecule has 0 atom stereocenters. The van der Waals surface area contributed by atoms with E-state index in [-0.39, 0.29) is 6.10 Å². The van der Waals surface area contributed by atoms with E-state index in [1.165, 1.54) is 5.56 Å². The molecule has 0 aliphatic carbocycles. The van der Waals surface area contributed by atoms with Crippen molar-refractivity contribution in [2.45, 2.75) is 20.0 Å². The summed E-state index contributed by atoms with van der Waals surface area (Å²) in [5, 5.41) is 11.2. The highest BCUT2D eigenvalue weighted by molar-refractivity contribution is 5.69. The van der Waals surface area contributed by atoms with Crippen LogP contribution in [0.15, 0.2) is 42.6 Å². The lowest BCUT2D eigenvalue weighted by atomic mass is 10.2. The number of fused-ring (bicyclic) bond motifs is 1. The van der Waals surface area contributed by atoms with Crippen molar-refractivity contribution in [3.05, 3.63) is 48.2 Å². The van der Waals surface area contributed by atoms with E-state index in [0.717, 1.165) is 5.69 Å². The van der Waals surface area contributed by atoms with Gasteiger partial charge in [-0.15, -0.1) is 0 Å². The molecule has 0 bridgehead atoms. The standard InChI is InChI=1S/C10H9N.C3H8O/c1-2-7-10-9(5-1)6-3-4-8-11-10;1-3(2)4/h1-8,11H;3-4H,1-2H3. The van der Waals surface area contributed by atoms with Gasteiger partial charge < -0.3 is 10.4 Å². The third kappa shape index (κ3) is 4.47. The highest BCUT2D eigenvalue weighted by atomic mass is 16.3. The second-order valence-corrected chi connectivity index (χ2v) is 3.54. The molecule has 0 saturated carbocycles. The normalized spacial score (nSPS) is 12.3. The summed E-state index contributed by atoms with van der Waals surface area (Å²) in [6.07, 6.45) is 7.87. The first-order chi connectivity index (χ1) is 7.20. The number of hydrogen-bond donors (Lipinski definition) is 2. The van der Waals surface area contributed by atoms with Gasteiger partial charge in [0.1, 0.15) is 0 Å². The Bertz CT molecular complexity index is 351. The molecule has 1 aliphatic rings. The van der Waals surface area contributed by atoms with Gasteiger partial charge in [-0.3, -0.25) is 0 Å². The lowest BCUT2D eigenvalue weighted by molar-refractivity contribution is 0.216. The molecule has 1 aromatic rings. The maximum absolute atomic E-state index is 8.06. The zero-order chi connectivity index (χ0) is 11.1. The zero-order valence-corrected chi connectivity index (χ0v) is 9.14. The van der Waals surface area contributed by atoms with Crippen molar-refractivity contribution in [1.82, 2.24) is 0 Å². The van der Waals surface area contributed by atoms with E-state index in [9.17, 15) is 0 Å². The molecule has 0 fully saturated rings. The molecule has 0 radical (unpaired) electrons. The van der Waals surface area contributed by atoms with Gasteiger partial charge in [0.25, 0.3) is 0 Å². The van der Waals surface area contributed by atoms with E-state index in [4.69, 9.17) is 5.11 Å². The van der Waals surface area contributed by atoms with Gasteiger partial charge in [-0.2, -0.15) is 0 Å². The van der Waals surface area contributed by atoms with Gasteiger partial charge in [0.15, 0.2) is 0 Å². The summed E-state index contributed by atoms with van der Waals surface area (Å²) in [6, 6.07) is 8.22. The first-order valence-electron chi connectivity index (χ1n) is 5.07. The minimum atomic E-state index is -0.167. The van der Waals surface area contributed by atoms with E-state index < -0.39 is 0 Å². The van der Waals surface area contributed by atoms with E-state index in [0.29, 0.717) is 0 Å². The van der Waals surface area contributed by atoms with Crippen LogP contribution in [0.3, 0.4) is 0 Å². The van der Waals surface area contributed by atoms with Crippen LogP contribution in [0, 0.1) is 0 Å². The Morgan fingerprint density at radius 3 is 2.53 bits per heavy atom. The van der Waals surface area contributed by atoms with Crippen LogP contribution in [0.1, 0.15) is 19.4 Å². The van der Waals surface area contributed by atoms with Crippen LogP contribution >= 0.6 is 0 Å². The van der Waals surface area contributed by atoms with Crippen molar-refractivity contribution in [2.24, 2.45) is 0 Å². The number of rotatable bonds is 0. The van der Waals surface area contributed by atoms with Crippen molar-refractivity contribution in [1.29, 1.82) is 0 Å². The molecule has 15 heavy (non-hydrogen) atoms. The lowest BCUT2D eigenvalue weighted by Gasteiger charge is -2.01. The van der Waals surface area contributed by atoms with Gasteiger partial charge in [-0.25, -0.2) is 0 Å². The molecule has 2 nitrogen and oxygen atoms in total. The van der Waals surface area contributed by atoms with Crippen LogP contribution in [-0.4, -0.2) is 11.2 Å². The molecule has 0 aromatic heterocycles. The number of aliphatic hydroxyl groups is 1. The Balaban J connectivity index is 0.000000245. The average Bonchev–Trinajstić information content (AvgIpc) is 2.41. The van der Waals surface area contributed by atoms with Crippen LogP contribution in [0.4, 0.5) is 5.69 Å². The molecule has 1 aromatic carbocycles. The fraction of sp³-hybridized carbons (Fsp3) is 0.231. The van der Waals surface area contributed by atoms with Gasteiger partial charge in [0.2, 0.25) is 0 Å².